The van der Waals surface area contributed by atoms with Gasteiger partial charge in [0.2, 0.25) is 6.10 Å². The van der Waals surface area contributed by atoms with Crippen molar-refractivity contribution in [2.45, 2.75) is 6.10 Å². The van der Waals surface area contributed by atoms with Crippen LogP contribution in [0.3, 0.4) is 0 Å². The molecule has 13 heavy (non-hydrogen) atoms. The number of aromatic hydroxyl groups is 2. The van der Waals surface area contributed by atoms with Gasteiger partial charge in [0.1, 0.15) is 5.75 Å². The minimum Gasteiger partial charge on any atom is -0.504 e. The molecule has 0 aliphatic carbocycles. The SMILES string of the molecule is O=C(O)C1Oc2ccc(O)c(O)c21. The first kappa shape index (κ1) is 7.72. The summed E-state index contributed by atoms with van der Waals surface area (Å²) >= 11 is 0. The van der Waals surface area contributed by atoms with E-state index < -0.39 is 17.8 Å². The molecule has 0 fully saturated rings. The van der Waals surface area contributed by atoms with Crippen LogP contribution in [0.4, 0.5) is 0 Å². The Hall–Kier alpha value is -1.91. The minimum absolute atomic E-state index is 0.132. The third-order valence-corrected chi connectivity index (χ3v) is 1.89. The minimum atomic E-state index is -1.19. The topological polar surface area (TPSA) is 87.0 Å². The molecule has 1 aliphatic rings. The van der Waals surface area contributed by atoms with Crippen LogP contribution in [0, 0.1) is 0 Å². The van der Waals surface area contributed by atoms with Crippen molar-refractivity contribution in [2.24, 2.45) is 0 Å². The van der Waals surface area contributed by atoms with Gasteiger partial charge in [-0.2, -0.15) is 0 Å². The molecule has 0 aromatic heterocycles. The number of phenolic OH excluding ortho intramolecular Hbond substituents is 2. The van der Waals surface area contributed by atoms with Gasteiger partial charge in [-0.05, 0) is 12.1 Å². The average Bonchev–Trinajstić information content (AvgIpc) is 1.98. The van der Waals surface area contributed by atoms with Crippen molar-refractivity contribution in [1.82, 2.24) is 0 Å². The summed E-state index contributed by atoms with van der Waals surface area (Å²) in [5, 5.41) is 26.9. The maximum absolute atomic E-state index is 10.5. The molecule has 0 spiro atoms. The molecule has 1 atom stereocenters. The number of ether oxygens (including phenoxy) is 1. The molecule has 1 aliphatic heterocycles. The van der Waals surface area contributed by atoms with Crippen LogP contribution in [0.25, 0.3) is 0 Å². The fraction of sp³-hybridized carbons (Fsp3) is 0.125. The largest absolute Gasteiger partial charge is 0.504 e. The molecule has 2 rings (SSSR count). The highest BCUT2D eigenvalue weighted by molar-refractivity contribution is 5.81. The summed E-state index contributed by atoms with van der Waals surface area (Å²) in [6.07, 6.45) is -1.16. The lowest BCUT2D eigenvalue weighted by molar-refractivity contribution is -0.148. The number of hydrogen-bond acceptors (Lipinski definition) is 4. The molecule has 1 aromatic carbocycles. The van der Waals surface area contributed by atoms with Gasteiger partial charge >= 0.3 is 5.97 Å². The zero-order valence-corrected chi connectivity index (χ0v) is 6.39. The Morgan fingerprint density at radius 1 is 1.38 bits per heavy atom. The van der Waals surface area contributed by atoms with Gasteiger partial charge in [-0.15, -0.1) is 0 Å². The lowest BCUT2D eigenvalue weighted by atomic mass is 10.0. The highest BCUT2D eigenvalue weighted by Crippen LogP contribution is 2.48. The lowest BCUT2D eigenvalue weighted by Gasteiger charge is -2.28. The quantitative estimate of drug-likeness (QED) is 0.554. The van der Waals surface area contributed by atoms with Gasteiger partial charge in [0.05, 0.1) is 5.56 Å². The third-order valence-electron chi connectivity index (χ3n) is 1.89. The Kier molecular flexibility index (Phi) is 1.36. The van der Waals surface area contributed by atoms with Crippen LogP contribution in [-0.2, 0) is 4.79 Å². The highest BCUT2D eigenvalue weighted by Gasteiger charge is 2.38. The number of hydrogen-bond donors (Lipinski definition) is 3. The van der Waals surface area contributed by atoms with Crippen molar-refractivity contribution in [2.75, 3.05) is 0 Å². The number of carbonyl (C=O) groups is 1. The summed E-state index contributed by atoms with van der Waals surface area (Å²) in [6, 6.07) is 2.65. The van der Waals surface area contributed by atoms with E-state index in [1.54, 1.807) is 0 Å². The number of benzene rings is 1. The first-order valence-electron chi connectivity index (χ1n) is 3.55. The van der Waals surface area contributed by atoms with Gasteiger partial charge in [0.25, 0.3) is 0 Å². The van der Waals surface area contributed by atoms with Crippen LogP contribution >= 0.6 is 0 Å². The second-order valence-corrected chi connectivity index (χ2v) is 2.68. The van der Waals surface area contributed by atoms with Crippen LogP contribution in [-0.4, -0.2) is 21.3 Å². The average molecular weight is 182 g/mol. The normalized spacial score (nSPS) is 18.3. The Balaban J connectivity index is 2.51. The number of rotatable bonds is 1. The van der Waals surface area contributed by atoms with E-state index in [4.69, 9.17) is 14.9 Å². The van der Waals surface area contributed by atoms with Crippen LogP contribution < -0.4 is 4.74 Å². The standard InChI is InChI=1S/C8H6O5/c9-3-1-2-4-5(6(3)10)7(13-4)8(11)12/h1-2,7,9-10H,(H,11,12). The van der Waals surface area contributed by atoms with Crippen molar-refractivity contribution in [3.8, 4) is 17.2 Å². The summed E-state index contributed by atoms with van der Waals surface area (Å²) in [5.74, 6) is -1.65. The molecule has 1 heterocycles. The predicted molar refractivity (Wildman–Crippen MR) is 40.8 cm³/mol. The van der Waals surface area contributed by atoms with Crippen molar-refractivity contribution in [1.29, 1.82) is 0 Å². The molecular formula is C8H6O5. The molecule has 5 nitrogen and oxygen atoms in total. The van der Waals surface area contributed by atoms with Crippen LogP contribution in [0.2, 0.25) is 0 Å². The van der Waals surface area contributed by atoms with Gasteiger partial charge < -0.3 is 20.1 Å². The molecule has 0 saturated carbocycles. The zero-order valence-electron chi connectivity index (χ0n) is 6.39. The maximum Gasteiger partial charge on any atom is 0.349 e. The Labute approximate surface area is 72.8 Å². The summed E-state index contributed by atoms with van der Waals surface area (Å²) in [4.78, 5) is 10.5. The van der Waals surface area contributed by atoms with Crippen LogP contribution in [0.15, 0.2) is 12.1 Å². The van der Waals surface area contributed by atoms with Gasteiger partial charge in [0.15, 0.2) is 11.5 Å². The van der Waals surface area contributed by atoms with E-state index in [9.17, 15) is 9.90 Å². The van der Waals surface area contributed by atoms with Crippen LogP contribution in [0.5, 0.6) is 17.2 Å². The van der Waals surface area contributed by atoms with E-state index in [0.29, 0.717) is 5.75 Å². The number of phenols is 2. The second kappa shape index (κ2) is 2.29. The number of carboxylic acid groups (broad SMARTS) is 1. The predicted octanol–water partition coefficient (Wildman–Crippen LogP) is 0.616. The second-order valence-electron chi connectivity index (χ2n) is 2.68. The fourth-order valence-electron chi connectivity index (χ4n) is 1.24. The fourth-order valence-corrected chi connectivity index (χ4v) is 1.24. The molecule has 1 unspecified atom stereocenters. The maximum atomic E-state index is 10.5. The lowest BCUT2D eigenvalue weighted by Crippen LogP contribution is -2.26. The van der Waals surface area contributed by atoms with E-state index in [1.165, 1.54) is 12.1 Å². The van der Waals surface area contributed by atoms with E-state index >= 15 is 0 Å². The van der Waals surface area contributed by atoms with Crippen molar-refractivity contribution in [3.05, 3.63) is 17.7 Å². The summed E-state index contributed by atoms with van der Waals surface area (Å²) in [5.41, 5.74) is 0.132. The molecular weight excluding hydrogens is 176 g/mol. The highest BCUT2D eigenvalue weighted by atomic mass is 16.5. The molecule has 3 N–H and O–H groups in total. The Morgan fingerprint density at radius 2 is 2.08 bits per heavy atom. The first-order chi connectivity index (χ1) is 6.11. The first-order valence-corrected chi connectivity index (χ1v) is 3.55. The number of aliphatic carboxylic acids is 1. The molecule has 0 saturated heterocycles. The molecule has 5 heteroatoms. The Bertz CT molecular complexity index is 384. The monoisotopic (exact) mass is 182 g/mol. The van der Waals surface area contributed by atoms with Crippen molar-refractivity contribution >= 4 is 5.97 Å². The van der Waals surface area contributed by atoms with Crippen LogP contribution in [0.1, 0.15) is 11.7 Å². The Morgan fingerprint density at radius 3 is 2.69 bits per heavy atom. The van der Waals surface area contributed by atoms with Gasteiger partial charge in [0, 0.05) is 0 Å². The summed E-state index contributed by atoms with van der Waals surface area (Å²) in [6.45, 7) is 0. The molecule has 1 aromatic rings. The smallest absolute Gasteiger partial charge is 0.349 e. The van der Waals surface area contributed by atoms with Gasteiger partial charge in [-0.3, -0.25) is 0 Å². The van der Waals surface area contributed by atoms with E-state index in [0.717, 1.165) is 0 Å². The molecule has 68 valence electrons. The molecule has 0 amide bonds. The zero-order chi connectivity index (χ0) is 9.59. The van der Waals surface area contributed by atoms with E-state index in [2.05, 4.69) is 0 Å². The van der Waals surface area contributed by atoms with Crippen molar-refractivity contribution < 1.29 is 24.9 Å². The van der Waals surface area contributed by atoms with Gasteiger partial charge in [-0.25, -0.2) is 4.79 Å². The van der Waals surface area contributed by atoms with Crippen molar-refractivity contribution in [3.63, 3.8) is 0 Å². The third kappa shape index (κ3) is 0.900. The van der Waals surface area contributed by atoms with Gasteiger partial charge in [-0.1, -0.05) is 0 Å². The number of carboxylic acids is 1. The number of fused-ring (bicyclic) bond motifs is 1. The van der Waals surface area contributed by atoms with E-state index in [-0.39, 0.29) is 11.3 Å². The summed E-state index contributed by atoms with van der Waals surface area (Å²) in [7, 11) is 0. The molecule has 0 radical (unpaired) electrons. The summed E-state index contributed by atoms with van der Waals surface area (Å²) < 4.78 is 4.81. The molecule has 0 bridgehead atoms. The van der Waals surface area contributed by atoms with E-state index in [1.807, 2.05) is 0 Å².